The lowest BCUT2D eigenvalue weighted by atomic mass is 9.99. The molecular formula is C16H18FN3O5. The third-order valence-electron chi connectivity index (χ3n) is 3.94. The number of benzene rings is 1. The van der Waals surface area contributed by atoms with Crippen LogP contribution >= 0.6 is 0 Å². The molecule has 0 aliphatic heterocycles. The predicted octanol–water partition coefficient (Wildman–Crippen LogP) is 2.15. The summed E-state index contributed by atoms with van der Waals surface area (Å²) in [7, 11) is 0. The van der Waals surface area contributed by atoms with E-state index in [9.17, 15) is 24.1 Å². The molecule has 1 aliphatic carbocycles. The van der Waals surface area contributed by atoms with E-state index in [0.29, 0.717) is 24.8 Å². The molecule has 3 N–H and O–H groups in total. The maximum atomic E-state index is 14.0. The van der Waals surface area contributed by atoms with Gasteiger partial charge in [0.05, 0.1) is 22.4 Å². The van der Waals surface area contributed by atoms with Gasteiger partial charge in [-0.05, 0) is 43.9 Å². The number of hydrogen-bond donors (Lipinski definition) is 2. The number of hydroxylamine groups is 1. The summed E-state index contributed by atoms with van der Waals surface area (Å²) < 4.78 is 14.0. The van der Waals surface area contributed by atoms with Crippen molar-refractivity contribution in [3.8, 4) is 0 Å². The quantitative estimate of drug-likeness (QED) is 0.632. The average molecular weight is 351 g/mol. The van der Waals surface area contributed by atoms with Crippen LogP contribution in [0.5, 0.6) is 0 Å². The molecule has 0 spiro atoms. The van der Waals surface area contributed by atoms with E-state index in [1.165, 1.54) is 19.1 Å². The summed E-state index contributed by atoms with van der Waals surface area (Å²) in [4.78, 5) is 38.7. The highest BCUT2D eigenvalue weighted by Crippen LogP contribution is 2.34. The minimum absolute atomic E-state index is 0.0369. The van der Waals surface area contributed by atoms with Gasteiger partial charge >= 0.3 is 5.97 Å². The topological polar surface area (TPSA) is 125 Å². The first kappa shape index (κ1) is 18.5. The summed E-state index contributed by atoms with van der Waals surface area (Å²) in [5, 5.41) is 10.6. The van der Waals surface area contributed by atoms with Gasteiger partial charge in [-0.1, -0.05) is 0 Å². The molecule has 2 unspecified atom stereocenters. The average Bonchev–Trinajstić information content (AvgIpc) is 3.08. The summed E-state index contributed by atoms with van der Waals surface area (Å²) >= 11 is 0. The van der Waals surface area contributed by atoms with Crippen molar-refractivity contribution in [3.63, 3.8) is 0 Å². The van der Waals surface area contributed by atoms with Gasteiger partial charge in [0.1, 0.15) is 5.83 Å². The lowest BCUT2D eigenvalue weighted by Gasteiger charge is -2.14. The van der Waals surface area contributed by atoms with Crippen molar-refractivity contribution in [2.45, 2.75) is 32.2 Å². The number of nitrogens with one attached hydrogen (secondary N) is 1. The van der Waals surface area contributed by atoms with Crippen LogP contribution in [0.2, 0.25) is 0 Å². The van der Waals surface area contributed by atoms with Crippen molar-refractivity contribution in [1.82, 2.24) is 5.48 Å². The molecule has 8 nitrogen and oxygen atoms in total. The van der Waals surface area contributed by atoms with Crippen LogP contribution in [-0.4, -0.2) is 22.8 Å². The monoisotopic (exact) mass is 351 g/mol. The van der Waals surface area contributed by atoms with Crippen molar-refractivity contribution >= 4 is 17.6 Å². The molecule has 1 aromatic carbocycles. The summed E-state index contributed by atoms with van der Waals surface area (Å²) in [6, 6.07) is 3.92. The standard InChI is InChI=1S/C16H18FN3O5/c1-9(18)14(17)12-3-2-4-13(12)15(21)19-25-16(22)10-5-7-11(8-6-10)20(23)24/h5-9,13H,2-4,18H2,1H3,(H,19,21)/b14-12-. The number of non-ortho nitro benzene ring substituents is 1. The number of nitro groups is 1. The Kier molecular flexibility index (Phi) is 5.81. The first-order valence-electron chi connectivity index (χ1n) is 7.70. The van der Waals surface area contributed by atoms with Gasteiger partial charge in [0.15, 0.2) is 0 Å². The molecule has 9 heteroatoms. The van der Waals surface area contributed by atoms with Gasteiger partial charge in [-0.2, -0.15) is 5.48 Å². The normalized spacial score (nSPS) is 19.9. The smallest absolute Gasteiger partial charge is 0.335 e. The number of nitro benzene ring substituents is 1. The van der Waals surface area contributed by atoms with Crippen LogP contribution in [0.4, 0.5) is 10.1 Å². The van der Waals surface area contributed by atoms with Gasteiger partial charge in [-0.25, -0.2) is 9.18 Å². The third kappa shape index (κ3) is 4.38. The van der Waals surface area contributed by atoms with E-state index in [-0.39, 0.29) is 11.3 Å². The third-order valence-corrected chi connectivity index (χ3v) is 3.94. The molecule has 1 aliphatic rings. The SMILES string of the molecule is CC(N)/C(F)=C1\CCCC1C(=O)NOC(=O)c1ccc([N+](=O)[O-])cc1. The van der Waals surface area contributed by atoms with Crippen molar-refractivity contribution < 1.29 is 23.7 Å². The molecule has 1 aromatic rings. The number of nitrogens with two attached hydrogens (primary N) is 1. The Labute approximate surface area is 142 Å². The summed E-state index contributed by atoms with van der Waals surface area (Å²) in [6.45, 7) is 1.49. The van der Waals surface area contributed by atoms with E-state index in [1.807, 2.05) is 5.48 Å². The Bertz CT molecular complexity index is 715. The van der Waals surface area contributed by atoms with E-state index >= 15 is 0 Å². The number of nitrogens with zero attached hydrogens (tertiary/aromatic N) is 1. The number of amides is 1. The molecule has 0 saturated heterocycles. The van der Waals surface area contributed by atoms with Crippen LogP contribution in [0.1, 0.15) is 36.5 Å². The first-order chi connectivity index (χ1) is 11.8. The second kappa shape index (κ2) is 7.84. The highest BCUT2D eigenvalue weighted by atomic mass is 19.1. The Hall–Kier alpha value is -2.81. The molecule has 0 heterocycles. The fraction of sp³-hybridized carbons (Fsp3) is 0.375. The molecule has 134 valence electrons. The van der Waals surface area contributed by atoms with Crippen LogP contribution in [0.15, 0.2) is 35.7 Å². The predicted molar refractivity (Wildman–Crippen MR) is 85.8 cm³/mol. The van der Waals surface area contributed by atoms with Crippen molar-refractivity contribution in [2.24, 2.45) is 11.7 Å². The van der Waals surface area contributed by atoms with Gasteiger partial charge in [0.2, 0.25) is 0 Å². The van der Waals surface area contributed by atoms with Gasteiger partial charge in [-0.3, -0.25) is 14.9 Å². The number of carbonyl (C=O) groups is 2. The van der Waals surface area contributed by atoms with Gasteiger partial charge in [0.25, 0.3) is 11.6 Å². The molecule has 1 amide bonds. The van der Waals surface area contributed by atoms with Crippen LogP contribution in [0, 0.1) is 16.0 Å². The fourth-order valence-corrected chi connectivity index (χ4v) is 2.66. The molecule has 1 saturated carbocycles. The first-order valence-corrected chi connectivity index (χ1v) is 7.70. The number of rotatable bonds is 4. The summed E-state index contributed by atoms with van der Waals surface area (Å²) in [5.74, 6) is -2.74. The van der Waals surface area contributed by atoms with E-state index < -0.39 is 34.6 Å². The van der Waals surface area contributed by atoms with E-state index in [2.05, 4.69) is 0 Å². The zero-order valence-electron chi connectivity index (χ0n) is 13.5. The van der Waals surface area contributed by atoms with Crippen LogP contribution in [0.25, 0.3) is 0 Å². The Morgan fingerprint density at radius 3 is 2.60 bits per heavy atom. The Balaban J connectivity index is 1.98. The second-order valence-corrected chi connectivity index (χ2v) is 5.77. The largest absolute Gasteiger partial charge is 0.362 e. The Morgan fingerprint density at radius 2 is 2.04 bits per heavy atom. The molecule has 1 fully saturated rings. The molecule has 25 heavy (non-hydrogen) atoms. The second-order valence-electron chi connectivity index (χ2n) is 5.77. The zero-order chi connectivity index (χ0) is 18.6. The van der Waals surface area contributed by atoms with Crippen molar-refractivity contribution in [1.29, 1.82) is 0 Å². The lowest BCUT2D eigenvalue weighted by molar-refractivity contribution is -0.384. The maximum absolute atomic E-state index is 14.0. The molecule has 2 atom stereocenters. The number of carbonyl (C=O) groups excluding carboxylic acids is 2. The highest BCUT2D eigenvalue weighted by molar-refractivity contribution is 5.91. The maximum Gasteiger partial charge on any atom is 0.362 e. The molecule has 2 rings (SSSR count). The van der Waals surface area contributed by atoms with E-state index in [4.69, 9.17) is 10.6 Å². The van der Waals surface area contributed by atoms with Gasteiger partial charge < -0.3 is 10.6 Å². The van der Waals surface area contributed by atoms with Crippen LogP contribution in [-0.2, 0) is 9.63 Å². The minimum Gasteiger partial charge on any atom is -0.335 e. The number of halogens is 1. The molecular weight excluding hydrogens is 333 g/mol. The van der Waals surface area contributed by atoms with Gasteiger partial charge in [0, 0.05) is 12.1 Å². The van der Waals surface area contributed by atoms with Crippen LogP contribution in [0.3, 0.4) is 0 Å². The highest BCUT2D eigenvalue weighted by Gasteiger charge is 2.32. The van der Waals surface area contributed by atoms with Crippen LogP contribution < -0.4 is 11.2 Å². The molecule has 0 aromatic heterocycles. The van der Waals surface area contributed by atoms with E-state index in [1.54, 1.807) is 0 Å². The summed E-state index contributed by atoms with van der Waals surface area (Å²) in [6.07, 6.45) is 1.52. The van der Waals surface area contributed by atoms with E-state index in [0.717, 1.165) is 12.1 Å². The van der Waals surface area contributed by atoms with Crippen molar-refractivity contribution in [2.75, 3.05) is 0 Å². The fourth-order valence-electron chi connectivity index (χ4n) is 2.66. The zero-order valence-corrected chi connectivity index (χ0v) is 13.5. The minimum atomic E-state index is -0.876. The molecule has 0 radical (unpaired) electrons. The lowest BCUT2D eigenvalue weighted by Crippen LogP contribution is -2.33. The molecule has 0 bridgehead atoms. The van der Waals surface area contributed by atoms with Gasteiger partial charge in [-0.15, -0.1) is 0 Å². The Morgan fingerprint density at radius 1 is 1.40 bits per heavy atom. The summed E-state index contributed by atoms with van der Waals surface area (Å²) in [5.41, 5.74) is 7.73. The van der Waals surface area contributed by atoms with Crippen molar-refractivity contribution in [3.05, 3.63) is 51.3 Å². The number of hydrogen-bond acceptors (Lipinski definition) is 6.